The second-order valence-electron chi connectivity index (χ2n) is 6.36. The van der Waals surface area contributed by atoms with Gasteiger partial charge in [0.2, 0.25) is 0 Å². The maximum absolute atomic E-state index is 12.8. The average Bonchev–Trinajstić information content (AvgIpc) is 2.99. The second kappa shape index (κ2) is 8.78. The van der Waals surface area contributed by atoms with Crippen molar-refractivity contribution >= 4 is 58.0 Å². The van der Waals surface area contributed by atoms with Crippen LogP contribution in [0.2, 0.25) is 13.7 Å². The molecule has 1 N–H and O–H groups in total. The first-order valence-electron chi connectivity index (χ1n) is 8.56. The summed E-state index contributed by atoms with van der Waals surface area (Å²) in [7, 11) is 0. The van der Waals surface area contributed by atoms with Gasteiger partial charge in [-0.3, -0.25) is 9.59 Å². The van der Waals surface area contributed by atoms with Crippen molar-refractivity contribution in [2.75, 3.05) is 13.1 Å². The van der Waals surface area contributed by atoms with Crippen molar-refractivity contribution in [1.29, 1.82) is 0 Å². The third kappa shape index (κ3) is 4.57. The highest BCUT2D eigenvalue weighted by atomic mass is 35.5. The van der Waals surface area contributed by atoms with Crippen LogP contribution in [-0.4, -0.2) is 40.8 Å². The van der Waals surface area contributed by atoms with Crippen molar-refractivity contribution in [1.82, 2.24) is 15.2 Å². The molecule has 3 heterocycles. The van der Waals surface area contributed by atoms with Gasteiger partial charge < -0.3 is 10.2 Å². The number of thiophene rings is 1. The number of hydrogen-bond acceptors (Lipinski definition) is 4. The van der Waals surface area contributed by atoms with Gasteiger partial charge in [-0.2, -0.15) is 0 Å². The number of piperidine rings is 1. The average molecular weight is 447 g/mol. The summed E-state index contributed by atoms with van der Waals surface area (Å²) in [5, 5.41) is 3.34. The Kier molecular flexibility index (Phi) is 6.63. The molecule has 5 nitrogen and oxygen atoms in total. The van der Waals surface area contributed by atoms with Crippen LogP contribution in [-0.2, 0) is 0 Å². The molecule has 0 bridgehead atoms. The minimum absolute atomic E-state index is 0.0499. The Morgan fingerprint density at radius 1 is 1.37 bits per heavy atom. The van der Waals surface area contributed by atoms with Crippen LogP contribution in [0.5, 0.6) is 0 Å². The van der Waals surface area contributed by atoms with E-state index < -0.39 is 0 Å². The van der Waals surface area contributed by atoms with E-state index in [2.05, 4.69) is 10.3 Å². The maximum Gasteiger partial charge on any atom is 0.271 e. The Morgan fingerprint density at radius 3 is 2.78 bits per heavy atom. The van der Waals surface area contributed by atoms with E-state index in [1.807, 2.05) is 6.92 Å². The smallest absolute Gasteiger partial charge is 0.271 e. The van der Waals surface area contributed by atoms with E-state index in [0.29, 0.717) is 38.8 Å². The zero-order chi connectivity index (χ0) is 19.6. The molecule has 0 aromatic carbocycles. The number of nitrogens with zero attached hydrogens (tertiary/aromatic N) is 2. The molecule has 1 fully saturated rings. The van der Waals surface area contributed by atoms with Crippen LogP contribution < -0.4 is 5.32 Å². The van der Waals surface area contributed by atoms with Crippen molar-refractivity contribution in [3.63, 3.8) is 0 Å². The Morgan fingerprint density at radius 2 is 2.15 bits per heavy atom. The number of aromatic nitrogens is 1. The normalized spacial score (nSPS) is 19.8. The summed E-state index contributed by atoms with van der Waals surface area (Å²) in [5.74, 6) is -0.294. The van der Waals surface area contributed by atoms with E-state index in [1.165, 1.54) is 17.5 Å². The zero-order valence-electron chi connectivity index (χ0n) is 14.5. The van der Waals surface area contributed by atoms with Gasteiger partial charge in [-0.05, 0) is 37.0 Å². The fourth-order valence-corrected chi connectivity index (χ4v) is 4.92. The molecule has 2 aromatic rings. The number of likely N-dealkylation sites (tertiary alicyclic amines) is 1. The van der Waals surface area contributed by atoms with Crippen molar-refractivity contribution in [2.45, 2.75) is 25.8 Å². The summed E-state index contributed by atoms with van der Waals surface area (Å²) in [5.41, 5.74) is 0.650. The van der Waals surface area contributed by atoms with E-state index in [4.69, 9.17) is 34.8 Å². The standard InChI is InChI=1S/C18H18Cl3N3O2S/c1-2-10-9-24(18(26)11-8-14(20)27-16(11)21)7-5-13(10)23-17(25)15-12(19)4-3-6-22-15/h3-4,6,8,10,13H,2,5,7,9H2,1H3,(H,23,25). The summed E-state index contributed by atoms with van der Waals surface area (Å²) in [4.78, 5) is 31.1. The van der Waals surface area contributed by atoms with E-state index >= 15 is 0 Å². The minimum Gasteiger partial charge on any atom is -0.348 e. The van der Waals surface area contributed by atoms with Gasteiger partial charge in [-0.15, -0.1) is 11.3 Å². The Bertz CT molecular complexity index is 858. The lowest BCUT2D eigenvalue weighted by Crippen LogP contribution is -2.52. The summed E-state index contributed by atoms with van der Waals surface area (Å²) in [6.45, 7) is 3.11. The van der Waals surface area contributed by atoms with E-state index in [1.54, 1.807) is 23.1 Å². The molecule has 27 heavy (non-hydrogen) atoms. The summed E-state index contributed by atoms with van der Waals surface area (Å²) >= 11 is 19.3. The van der Waals surface area contributed by atoms with Crippen LogP contribution in [0.25, 0.3) is 0 Å². The number of amides is 2. The van der Waals surface area contributed by atoms with Crippen LogP contribution in [0.4, 0.5) is 0 Å². The quantitative estimate of drug-likeness (QED) is 0.735. The summed E-state index contributed by atoms with van der Waals surface area (Å²) < 4.78 is 0.892. The van der Waals surface area contributed by atoms with Crippen LogP contribution in [0.15, 0.2) is 24.4 Å². The van der Waals surface area contributed by atoms with Gasteiger partial charge in [-0.1, -0.05) is 41.7 Å². The monoisotopic (exact) mass is 445 g/mol. The molecule has 0 spiro atoms. The number of carbonyl (C=O) groups is 2. The van der Waals surface area contributed by atoms with Crippen molar-refractivity contribution in [3.8, 4) is 0 Å². The highest BCUT2D eigenvalue weighted by Crippen LogP contribution is 2.33. The largest absolute Gasteiger partial charge is 0.348 e. The highest BCUT2D eigenvalue weighted by molar-refractivity contribution is 7.20. The molecule has 1 aliphatic heterocycles. The molecule has 2 atom stereocenters. The van der Waals surface area contributed by atoms with Gasteiger partial charge in [0.05, 0.1) is 14.9 Å². The molecular weight excluding hydrogens is 429 g/mol. The molecule has 0 saturated carbocycles. The molecule has 2 amide bonds. The first-order valence-corrected chi connectivity index (χ1v) is 10.5. The molecule has 1 saturated heterocycles. The fourth-order valence-electron chi connectivity index (χ4n) is 3.27. The van der Waals surface area contributed by atoms with Gasteiger partial charge in [0.1, 0.15) is 10.0 Å². The lowest BCUT2D eigenvalue weighted by Gasteiger charge is -2.38. The van der Waals surface area contributed by atoms with Crippen LogP contribution in [0, 0.1) is 5.92 Å². The third-order valence-corrected chi connectivity index (χ3v) is 6.52. The fraction of sp³-hybridized carbons (Fsp3) is 0.389. The number of carbonyl (C=O) groups excluding carboxylic acids is 2. The number of pyridine rings is 1. The molecule has 2 unspecified atom stereocenters. The minimum atomic E-state index is -0.295. The topological polar surface area (TPSA) is 62.3 Å². The highest BCUT2D eigenvalue weighted by Gasteiger charge is 2.33. The predicted molar refractivity (Wildman–Crippen MR) is 109 cm³/mol. The SMILES string of the molecule is CCC1CN(C(=O)c2cc(Cl)sc2Cl)CCC1NC(=O)c1ncccc1Cl. The lowest BCUT2D eigenvalue weighted by atomic mass is 9.89. The van der Waals surface area contributed by atoms with E-state index in [9.17, 15) is 9.59 Å². The molecule has 9 heteroatoms. The first-order chi connectivity index (χ1) is 12.9. The number of halogens is 3. The molecule has 144 valence electrons. The number of rotatable bonds is 4. The molecule has 0 radical (unpaired) electrons. The van der Waals surface area contributed by atoms with Crippen molar-refractivity contribution in [3.05, 3.63) is 49.3 Å². The van der Waals surface area contributed by atoms with Crippen LogP contribution >= 0.6 is 46.1 Å². The van der Waals surface area contributed by atoms with Gasteiger partial charge >= 0.3 is 0 Å². The summed E-state index contributed by atoms with van der Waals surface area (Å²) in [6, 6.07) is 4.87. The third-order valence-electron chi connectivity index (χ3n) is 4.72. The Balaban J connectivity index is 1.68. The Hall–Kier alpha value is -1.34. The lowest BCUT2D eigenvalue weighted by molar-refractivity contribution is 0.0614. The Labute approximate surface area is 176 Å². The van der Waals surface area contributed by atoms with Crippen molar-refractivity contribution < 1.29 is 9.59 Å². The molecular formula is C18H18Cl3N3O2S. The van der Waals surface area contributed by atoms with E-state index in [0.717, 1.165) is 6.42 Å². The number of hydrogen-bond donors (Lipinski definition) is 1. The van der Waals surface area contributed by atoms with Crippen LogP contribution in [0.1, 0.15) is 40.6 Å². The molecule has 3 rings (SSSR count). The zero-order valence-corrected chi connectivity index (χ0v) is 17.6. The van der Waals surface area contributed by atoms with Gasteiger partial charge in [0.15, 0.2) is 0 Å². The first kappa shape index (κ1) is 20.4. The van der Waals surface area contributed by atoms with Crippen LogP contribution in [0.3, 0.4) is 0 Å². The molecule has 0 aliphatic carbocycles. The molecule has 1 aliphatic rings. The summed E-state index contributed by atoms with van der Waals surface area (Å²) in [6.07, 6.45) is 3.01. The maximum atomic E-state index is 12.8. The predicted octanol–water partition coefficient (Wildman–Crippen LogP) is 4.77. The van der Waals surface area contributed by atoms with E-state index in [-0.39, 0.29) is 29.5 Å². The van der Waals surface area contributed by atoms with Gasteiger partial charge in [0.25, 0.3) is 11.8 Å². The van der Waals surface area contributed by atoms with Crippen molar-refractivity contribution in [2.24, 2.45) is 5.92 Å². The number of nitrogens with one attached hydrogen (secondary N) is 1. The van der Waals surface area contributed by atoms with Gasteiger partial charge in [-0.25, -0.2) is 4.98 Å². The second-order valence-corrected chi connectivity index (χ2v) is 9.05. The molecule has 2 aromatic heterocycles. The van der Waals surface area contributed by atoms with Gasteiger partial charge in [0, 0.05) is 25.3 Å².